The lowest BCUT2D eigenvalue weighted by atomic mass is 10.2. The van der Waals surface area contributed by atoms with Crippen LogP contribution in [0.5, 0.6) is 0 Å². The Balaban J connectivity index is 1.49. The van der Waals surface area contributed by atoms with Crippen LogP contribution in [0.25, 0.3) is 22.7 Å². The maximum atomic E-state index is 13.1. The Labute approximate surface area is 207 Å². The molecule has 10 nitrogen and oxygen atoms in total. The number of carbonyl (C=O) groups excluding carboxylic acids is 1. The molecule has 0 saturated heterocycles. The molecule has 0 spiro atoms. The molecule has 0 bridgehead atoms. The summed E-state index contributed by atoms with van der Waals surface area (Å²) in [6, 6.07) is 17.1. The lowest BCUT2D eigenvalue weighted by Gasteiger charge is -2.07. The van der Waals surface area contributed by atoms with Gasteiger partial charge in [-0.2, -0.15) is 10.2 Å². The number of hydrogen-bond donors (Lipinski definition) is 1. The van der Waals surface area contributed by atoms with Crippen LogP contribution in [0.15, 0.2) is 78.1 Å². The van der Waals surface area contributed by atoms with Crippen LogP contribution in [0.2, 0.25) is 0 Å². The van der Waals surface area contributed by atoms with Crippen molar-refractivity contribution in [1.29, 1.82) is 0 Å². The molecule has 11 heteroatoms. The van der Waals surface area contributed by atoms with Crippen LogP contribution >= 0.6 is 0 Å². The summed E-state index contributed by atoms with van der Waals surface area (Å²) in [4.78, 5) is 22.1. The number of nitrogens with zero attached hydrogens (tertiary/aromatic N) is 6. The monoisotopic (exact) mass is 501 g/mol. The van der Waals surface area contributed by atoms with Gasteiger partial charge in [-0.05, 0) is 67.9 Å². The summed E-state index contributed by atoms with van der Waals surface area (Å²) in [5.41, 5.74) is 3.56. The predicted octanol–water partition coefficient (Wildman–Crippen LogP) is 3.72. The summed E-state index contributed by atoms with van der Waals surface area (Å²) in [6.45, 7) is 3.70. The fraction of sp³-hybridized carbons (Fsp3) is 0.160. The van der Waals surface area contributed by atoms with E-state index in [4.69, 9.17) is 0 Å². The van der Waals surface area contributed by atoms with Crippen molar-refractivity contribution in [2.45, 2.75) is 25.2 Å². The smallest absolute Gasteiger partial charge is 0.276 e. The summed E-state index contributed by atoms with van der Waals surface area (Å²) < 4.78 is 27.8. The third-order valence-electron chi connectivity index (χ3n) is 5.55. The maximum Gasteiger partial charge on any atom is 0.276 e. The molecular weight excluding hydrogens is 478 g/mol. The highest BCUT2D eigenvalue weighted by Crippen LogP contribution is 2.25. The van der Waals surface area contributed by atoms with E-state index in [0.29, 0.717) is 29.3 Å². The Kier molecular flexibility index (Phi) is 6.06. The first kappa shape index (κ1) is 23.4. The molecule has 0 aliphatic heterocycles. The largest absolute Gasteiger partial charge is 0.321 e. The zero-order chi connectivity index (χ0) is 25.3. The van der Waals surface area contributed by atoms with Crippen molar-refractivity contribution < 1.29 is 13.2 Å². The number of rotatable bonds is 7. The highest BCUT2D eigenvalue weighted by atomic mass is 32.2. The number of pyridine rings is 2. The molecule has 182 valence electrons. The predicted molar refractivity (Wildman–Crippen MR) is 135 cm³/mol. The van der Waals surface area contributed by atoms with Crippen LogP contribution in [0.4, 0.5) is 5.69 Å². The van der Waals surface area contributed by atoms with Crippen molar-refractivity contribution in [3.05, 3.63) is 84.6 Å². The van der Waals surface area contributed by atoms with Crippen LogP contribution in [0.1, 0.15) is 29.5 Å². The average Bonchev–Trinajstić information content (AvgIpc) is 3.51. The van der Waals surface area contributed by atoms with Crippen molar-refractivity contribution in [2.24, 2.45) is 0 Å². The van der Waals surface area contributed by atoms with Gasteiger partial charge in [0, 0.05) is 23.1 Å². The molecule has 36 heavy (non-hydrogen) atoms. The molecule has 0 aliphatic carbocycles. The highest BCUT2D eigenvalue weighted by molar-refractivity contribution is 7.91. The number of aromatic nitrogens is 6. The van der Waals surface area contributed by atoms with E-state index in [2.05, 4.69) is 25.5 Å². The highest BCUT2D eigenvalue weighted by Gasteiger charge is 2.19. The molecule has 0 saturated carbocycles. The second kappa shape index (κ2) is 9.34. The number of hydrogen-bond acceptors (Lipinski definition) is 7. The van der Waals surface area contributed by atoms with Gasteiger partial charge >= 0.3 is 0 Å². The summed E-state index contributed by atoms with van der Waals surface area (Å²) in [5, 5.41) is 11.5. The lowest BCUT2D eigenvalue weighted by molar-refractivity contribution is 0.102. The molecule has 1 amide bonds. The Morgan fingerprint density at radius 2 is 1.86 bits per heavy atom. The number of anilines is 1. The van der Waals surface area contributed by atoms with E-state index in [1.165, 1.54) is 18.5 Å². The molecule has 1 aromatic carbocycles. The Bertz CT molecular complexity index is 1670. The van der Waals surface area contributed by atoms with Gasteiger partial charge in [0.15, 0.2) is 27.0 Å². The van der Waals surface area contributed by atoms with Gasteiger partial charge in [0.05, 0.1) is 16.3 Å². The van der Waals surface area contributed by atoms with Crippen molar-refractivity contribution in [1.82, 2.24) is 29.4 Å². The van der Waals surface area contributed by atoms with E-state index in [-0.39, 0.29) is 16.3 Å². The summed E-state index contributed by atoms with van der Waals surface area (Å²) >= 11 is 0. The summed E-state index contributed by atoms with van der Waals surface area (Å²) in [5.74, 6) is 0.202. The molecule has 0 atom stereocenters. The third-order valence-corrected chi connectivity index (χ3v) is 7.48. The SMILES string of the molecule is CCCS(=O)(=O)c1ccc(NC(=O)c2cc(-c3ccc4ncnn4c3)n(-c3cccc(C)n3)n2)cc1. The number of fused-ring (bicyclic) bond motifs is 1. The molecule has 4 heterocycles. The molecule has 0 unspecified atom stereocenters. The van der Waals surface area contributed by atoms with Crippen LogP contribution in [0.3, 0.4) is 0 Å². The normalized spacial score (nSPS) is 11.6. The minimum Gasteiger partial charge on any atom is -0.321 e. The molecule has 1 N–H and O–H groups in total. The standard InChI is InChI=1S/C25H23N7O3S/c1-3-13-36(34,35)20-10-8-19(9-11-20)29-25(33)21-14-22(18-7-12-23-26-16-27-31(23)15-18)32(30-21)24-6-4-5-17(2)28-24/h4-12,14-16H,3,13H2,1-2H3,(H,29,33). The summed E-state index contributed by atoms with van der Waals surface area (Å²) in [7, 11) is -3.33. The number of aryl methyl sites for hydroxylation is 1. The minimum atomic E-state index is -3.33. The topological polar surface area (TPSA) is 124 Å². The van der Waals surface area contributed by atoms with Crippen molar-refractivity contribution in [3.63, 3.8) is 0 Å². The number of amides is 1. The van der Waals surface area contributed by atoms with Gasteiger partial charge in [-0.1, -0.05) is 13.0 Å². The van der Waals surface area contributed by atoms with Gasteiger partial charge in [-0.15, -0.1) is 0 Å². The second-order valence-electron chi connectivity index (χ2n) is 8.24. The quantitative estimate of drug-likeness (QED) is 0.360. The zero-order valence-electron chi connectivity index (χ0n) is 19.7. The van der Waals surface area contributed by atoms with Crippen LogP contribution in [-0.2, 0) is 9.84 Å². The molecular formula is C25H23N7O3S. The van der Waals surface area contributed by atoms with Gasteiger partial charge in [0.25, 0.3) is 5.91 Å². The Morgan fingerprint density at radius 3 is 2.61 bits per heavy atom. The summed E-state index contributed by atoms with van der Waals surface area (Å²) in [6.07, 6.45) is 3.81. The fourth-order valence-electron chi connectivity index (χ4n) is 3.81. The first-order valence-corrected chi connectivity index (χ1v) is 13.0. The third kappa shape index (κ3) is 4.60. The maximum absolute atomic E-state index is 13.1. The van der Waals surface area contributed by atoms with Gasteiger partial charge in [0.2, 0.25) is 0 Å². The van der Waals surface area contributed by atoms with E-state index >= 15 is 0 Å². The minimum absolute atomic E-state index is 0.0757. The lowest BCUT2D eigenvalue weighted by Crippen LogP contribution is -2.13. The first-order chi connectivity index (χ1) is 17.3. The molecule has 0 aliphatic rings. The van der Waals surface area contributed by atoms with Crippen LogP contribution in [0, 0.1) is 6.92 Å². The van der Waals surface area contributed by atoms with Gasteiger partial charge < -0.3 is 5.32 Å². The zero-order valence-corrected chi connectivity index (χ0v) is 20.5. The van der Waals surface area contributed by atoms with Crippen molar-refractivity contribution in [2.75, 3.05) is 11.1 Å². The van der Waals surface area contributed by atoms with Gasteiger partial charge in [-0.3, -0.25) is 4.79 Å². The number of sulfone groups is 1. The Morgan fingerprint density at radius 1 is 1.06 bits per heavy atom. The number of benzene rings is 1. The van der Waals surface area contributed by atoms with E-state index in [0.717, 1.165) is 11.3 Å². The molecule has 4 aromatic heterocycles. The van der Waals surface area contributed by atoms with E-state index in [1.807, 2.05) is 50.4 Å². The van der Waals surface area contributed by atoms with E-state index < -0.39 is 15.7 Å². The van der Waals surface area contributed by atoms with Crippen LogP contribution in [-0.4, -0.2) is 49.4 Å². The molecule has 5 rings (SSSR count). The van der Waals surface area contributed by atoms with E-state index in [1.54, 1.807) is 27.4 Å². The second-order valence-corrected chi connectivity index (χ2v) is 10.4. The molecule has 0 radical (unpaired) electrons. The van der Waals surface area contributed by atoms with E-state index in [9.17, 15) is 13.2 Å². The molecule has 5 aromatic rings. The van der Waals surface area contributed by atoms with Crippen molar-refractivity contribution >= 4 is 27.1 Å². The number of nitrogens with one attached hydrogen (secondary N) is 1. The fourth-order valence-corrected chi connectivity index (χ4v) is 5.14. The van der Waals surface area contributed by atoms with Gasteiger partial charge in [-0.25, -0.2) is 27.6 Å². The van der Waals surface area contributed by atoms with Crippen molar-refractivity contribution in [3.8, 4) is 17.1 Å². The van der Waals surface area contributed by atoms with Crippen LogP contribution < -0.4 is 5.32 Å². The first-order valence-electron chi connectivity index (χ1n) is 11.3. The Hall–Kier alpha value is -4.38. The number of carbonyl (C=O) groups is 1. The average molecular weight is 502 g/mol. The van der Waals surface area contributed by atoms with Gasteiger partial charge in [0.1, 0.15) is 6.33 Å². The molecule has 0 fully saturated rings.